The Morgan fingerprint density at radius 3 is 2.57 bits per heavy atom. The van der Waals surface area contributed by atoms with Gasteiger partial charge in [0.2, 0.25) is 0 Å². The van der Waals surface area contributed by atoms with Crippen molar-refractivity contribution in [3.05, 3.63) is 24.3 Å². The van der Waals surface area contributed by atoms with Gasteiger partial charge in [-0.15, -0.1) is 0 Å². The zero-order chi connectivity index (χ0) is 15.0. The molecule has 0 aromatic heterocycles. The summed E-state index contributed by atoms with van der Waals surface area (Å²) in [4.78, 5) is 0. The minimum Gasteiger partial charge on any atom is -0.490 e. The molecule has 21 heavy (non-hydrogen) atoms. The van der Waals surface area contributed by atoms with Gasteiger partial charge in [0.1, 0.15) is 12.2 Å². The van der Waals surface area contributed by atoms with Crippen molar-refractivity contribution in [1.29, 1.82) is 0 Å². The maximum Gasteiger partial charge on any atom is 0.161 e. The molecule has 0 radical (unpaired) electrons. The molecule has 0 aliphatic carbocycles. The van der Waals surface area contributed by atoms with Gasteiger partial charge in [-0.2, -0.15) is 0 Å². The zero-order valence-electron chi connectivity index (χ0n) is 12.7. The van der Waals surface area contributed by atoms with Crippen LogP contribution in [0, 0.1) is 0 Å². The van der Waals surface area contributed by atoms with Crippen molar-refractivity contribution in [2.45, 2.75) is 25.4 Å². The maximum atomic E-state index is 5.93. The second-order valence-electron chi connectivity index (χ2n) is 5.12. The fourth-order valence-corrected chi connectivity index (χ4v) is 2.41. The summed E-state index contributed by atoms with van der Waals surface area (Å²) in [6, 6.07) is 7.65. The van der Waals surface area contributed by atoms with Crippen molar-refractivity contribution in [1.82, 2.24) is 0 Å². The number of ether oxygens (including phenoxy) is 4. The van der Waals surface area contributed by atoms with E-state index < -0.39 is 0 Å². The molecule has 2 rings (SSSR count). The average molecular weight is 295 g/mol. The summed E-state index contributed by atoms with van der Waals surface area (Å²) in [5.74, 6) is 1.50. The molecule has 1 aromatic rings. The highest BCUT2D eigenvalue weighted by Gasteiger charge is 2.32. The van der Waals surface area contributed by atoms with Crippen LogP contribution >= 0.6 is 0 Å². The smallest absolute Gasteiger partial charge is 0.161 e. The SMILES string of the molecule is CCOc1ccccc1OCCOC1(CN)CCCOC1. The van der Waals surface area contributed by atoms with Crippen molar-refractivity contribution < 1.29 is 18.9 Å². The van der Waals surface area contributed by atoms with Crippen LogP contribution in [0.15, 0.2) is 24.3 Å². The highest BCUT2D eigenvalue weighted by molar-refractivity contribution is 5.39. The maximum absolute atomic E-state index is 5.93. The Kier molecular flexibility index (Phi) is 6.29. The van der Waals surface area contributed by atoms with Crippen LogP contribution in [0.25, 0.3) is 0 Å². The quantitative estimate of drug-likeness (QED) is 0.743. The van der Waals surface area contributed by atoms with Crippen LogP contribution in [0.1, 0.15) is 19.8 Å². The largest absolute Gasteiger partial charge is 0.490 e. The number of nitrogens with two attached hydrogens (primary N) is 1. The molecule has 0 saturated carbocycles. The van der Waals surface area contributed by atoms with Crippen LogP contribution in [0.5, 0.6) is 11.5 Å². The van der Waals surface area contributed by atoms with Gasteiger partial charge in [0, 0.05) is 13.2 Å². The molecule has 1 saturated heterocycles. The first-order valence-corrected chi connectivity index (χ1v) is 7.56. The molecule has 1 fully saturated rings. The van der Waals surface area contributed by atoms with E-state index in [4.69, 9.17) is 24.7 Å². The van der Waals surface area contributed by atoms with Crippen molar-refractivity contribution in [3.8, 4) is 11.5 Å². The van der Waals surface area contributed by atoms with Gasteiger partial charge in [-0.1, -0.05) is 12.1 Å². The van der Waals surface area contributed by atoms with Crippen LogP contribution in [0.4, 0.5) is 0 Å². The number of benzene rings is 1. The Bertz CT molecular complexity index is 418. The van der Waals surface area contributed by atoms with Crippen LogP contribution in [-0.2, 0) is 9.47 Å². The van der Waals surface area contributed by atoms with Gasteiger partial charge < -0.3 is 24.7 Å². The molecular weight excluding hydrogens is 270 g/mol. The van der Waals surface area contributed by atoms with Crippen molar-refractivity contribution in [3.63, 3.8) is 0 Å². The second kappa shape index (κ2) is 8.22. The molecule has 1 aliphatic heterocycles. The first kappa shape index (κ1) is 16.1. The van der Waals surface area contributed by atoms with Crippen LogP contribution in [0.2, 0.25) is 0 Å². The van der Waals surface area contributed by atoms with E-state index in [2.05, 4.69) is 0 Å². The Labute approximate surface area is 126 Å². The molecule has 1 unspecified atom stereocenters. The molecule has 1 aromatic carbocycles. The molecule has 2 N–H and O–H groups in total. The van der Waals surface area contributed by atoms with Gasteiger partial charge in [-0.25, -0.2) is 0 Å². The summed E-state index contributed by atoms with van der Waals surface area (Å²) in [6.07, 6.45) is 1.93. The minimum atomic E-state index is -0.346. The van der Waals surface area contributed by atoms with Gasteiger partial charge in [0.25, 0.3) is 0 Å². The third kappa shape index (κ3) is 4.59. The minimum absolute atomic E-state index is 0.346. The summed E-state index contributed by atoms with van der Waals surface area (Å²) in [5, 5.41) is 0. The first-order chi connectivity index (χ1) is 10.3. The predicted molar refractivity (Wildman–Crippen MR) is 80.9 cm³/mol. The van der Waals surface area contributed by atoms with Crippen molar-refractivity contribution >= 4 is 0 Å². The van der Waals surface area contributed by atoms with E-state index in [1.807, 2.05) is 31.2 Å². The van der Waals surface area contributed by atoms with Crippen LogP contribution in [-0.4, -0.2) is 45.2 Å². The van der Waals surface area contributed by atoms with Gasteiger partial charge in [0.05, 0.1) is 19.8 Å². The normalized spacial score (nSPS) is 22.0. The molecule has 0 spiro atoms. The summed E-state index contributed by atoms with van der Waals surface area (Å²) in [6.45, 7) is 5.36. The fraction of sp³-hybridized carbons (Fsp3) is 0.625. The average Bonchev–Trinajstić information content (AvgIpc) is 2.54. The lowest BCUT2D eigenvalue weighted by Crippen LogP contribution is -2.48. The monoisotopic (exact) mass is 295 g/mol. The Morgan fingerprint density at radius 1 is 1.19 bits per heavy atom. The lowest BCUT2D eigenvalue weighted by atomic mass is 9.97. The molecular formula is C16H25NO4. The molecule has 1 atom stereocenters. The summed E-state index contributed by atoms with van der Waals surface area (Å²) in [5.41, 5.74) is 5.48. The van der Waals surface area contributed by atoms with E-state index in [0.717, 1.165) is 30.9 Å². The highest BCUT2D eigenvalue weighted by Crippen LogP contribution is 2.26. The topological polar surface area (TPSA) is 62.9 Å². The summed E-state index contributed by atoms with van der Waals surface area (Å²) < 4.78 is 22.7. The van der Waals surface area contributed by atoms with Gasteiger partial charge in [-0.05, 0) is 31.9 Å². The zero-order valence-corrected chi connectivity index (χ0v) is 12.7. The van der Waals surface area contributed by atoms with Crippen molar-refractivity contribution in [2.75, 3.05) is 39.6 Å². The number of rotatable bonds is 8. The molecule has 0 bridgehead atoms. The molecule has 5 nitrogen and oxygen atoms in total. The molecule has 0 amide bonds. The van der Waals surface area contributed by atoms with Gasteiger partial charge in [0.15, 0.2) is 11.5 Å². The Hall–Kier alpha value is -1.30. The fourth-order valence-electron chi connectivity index (χ4n) is 2.41. The lowest BCUT2D eigenvalue weighted by molar-refractivity contribution is -0.127. The summed E-state index contributed by atoms with van der Waals surface area (Å²) in [7, 11) is 0. The molecule has 1 aliphatic rings. The standard InChI is InChI=1S/C16H25NO4/c1-2-19-14-6-3-4-7-15(14)20-10-11-21-16(12-17)8-5-9-18-13-16/h3-4,6-7H,2,5,8-13,17H2,1H3. The van der Waals surface area contributed by atoms with Crippen molar-refractivity contribution in [2.24, 2.45) is 5.73 Å². The van der Waals surface area contributed by atoms with E-state index in [-0.39, 0.29) is 5.60 Å². The molecule has 1 heterocycles. The number of para-hydroxylation sites is 2. The van der Waals surface area contributed by atoms with Crippen LogP contribution in [0.3, 0.4) is 0 Å². The third-order valence-electron chi connectivity index (χ3n) is 3.56. The van der Waals surface area contributed by atoms with Crippen LogP contribution < -0.4 is 15.2 Å². The number of hydrogen-bond acceptors (Lipinski definition) is 5. The van der Waals surface area contributed by atoms with E-state index >= 15 is 0 Å². The third-order valence-corrected chi connectivity index (χ3v) is 3.56. The van der Waals surface area contributed by atoms with E-state index in [0.29, 0.717) is 33.0 Å². The van der Waals surface area contributed by atoms with E-state index in [9.17, 15) is 0 Å². The van der Waals surface area contributed by atoms with E-state index in [1.165, 1.54) is 0 Å². The van der Waals surface area contributed by atoms with E-state index in [1.54, 1.807) is 0 Å². The Morgan fingerprint density at radius 2 is 1.95 bits per heavy atom. The highest BCUT2D eigenvalue weighted by atomic mass is 16.6. The van der Waals surface area contributed by atoms with Gasteiger partial charge >= 0.3 is 0 Å². The Balaban J connectivity index is 1.79. The van der Waals surface area contributed by atoms with Gasteiger partial charge in [-0.3, -0.25) is 0 Å². The first-order valence-electron chi connectivity index (χ1n) is 7.56. The second-order valence-corrected chi connectivity index (χ2v) is 5.12. The molecule has 118 valence electrons. The molecule has 5 heteroatoms. The lowest BCUT2D eigenvalue weighted by Gasteiger charge is -2.35. The predicted octanol–water partition coefficient (Wildman–Crippen LogP) is 1.99. The summed E-state index contributed by atoms with van der Waals surface area (Å²) >= 11 is 0. The number of hydrogen-bond donors (Lipinski definition) is 1.